The number of aromatic nitrogens is 1. The molecule has 0 saturated carbocycles. The molecule has 0 bridgehead atoms. The number of halogens is 1. The lowest BCUT2D eigenvalue weighted by atomic mass is 10.00. The summed E-state index contributed by atoms with van der Waals surface area (Å²) in [6.45, 7) is 1.10. The van der Waals surface area contributed by atoms with Crippen LogP contribution in [-0.2, 0) is 0 Å². The Kier molecular flexibility index (Phi) is 4.72. The molecule has 1 aromatic rings. The summed E-state index contributed by atoms with van der Waals surface area (Å²) >= 11 is 8.01. The lowest BCUT2D eigenvalue weighted by molar-refractivity contribution is 0.221. The fraction of sp³-hybridized carbons (Fsp3) is 0.583. The van der Waals surface area contributed by atoms with Crippen molar-refractivity contribution in [1.29, 1.82) is 0 Å². The van der Waals surface area contributed by atoms with Crippen LogP contribution in [0.25, 0.3) is 0 Å². The van der Waals surface area contributed by atoms with Gasteiger partial charge < -0.3 is 11.1 Å². The zero-order chi connectivity index (χ0) is 13.1. The molecule has 2 heterocycles. The van der Waals surface area contributed by atoms with Gasteiger partial charge in [0.2, 0.25) is 0 Å². The summed E-state index contributed by atoms with van der Waals surface area (Å²) in [6.07, 6.45) is 1.59. The third kappa shape index (κ3) is 2.91. The Bertz CT molecular complexity index is 415. The van der Waals surface area contributed by atoms with Crippen LogP contribution in [0.1, 0.15) is 11.6 Å². The summed E-state index contributed by atoms with van der Waals surface area (Å²) in [4.78, 5) is 6.52. The van der Waals surface area contributed by atoms with Crippen LogP contribution in [0.3, 0.4) is 0 Å². The molecule has 100 valence electrons. The molecule has 0 radical (unpaired) electrons. The first-order valence-electron chi connectivity index (χ1n) is 5.99. The fourth-order valence-electron chi connectivity index (χ4n) is 2.33. The highest BCUT2D eigenvalue weighted by atomic mass is 35.5. The van der Waals surface area contributed by atoms with Gasteiger partial charge in [-0.05, 0) is 20.2 Å². The van der Waals surface area contributed by atoms with Crippen LogP contribution >= 0.6 is 23.4 Å². The molecule has 1 aromatic heterocycles. The predicted molar refractivity (Wildman–Crippen MR) is 79.2 cm³/mol. The molecule has 2 unspecified atom stereocenters. The number of anilines is 1. The topological polar surface area (TPSA) is 54.2 Å². The maximum Gasteiger partial charge on any atom is 0.128 e. The number of likely N-dealkylation sites (N-methyl/N-ethyl adjacent to an activating group) is 2. The van der Waals surface area contributed by atoms with Crippen LogP contribution in [0.2, 0.25) is 5.02 Å². The van der Waals surface area contributed by atoms with Gasteiger partial charge in [0.15, 0.2) is 0 Å². The van der Waals surface area contributed by atoms with Crippen LogP contribution in [0.15, 0.2) is 12.3 Å². The van der Waals surface area contributed by atoms with Crippen LogP contribution < -0.4 is 11.1 Å². The normalized spacial score (nSPS) is 22.9. The number of nitrogens with two attached hydrogens (primary N) is 1. The van der Waals surface area contributed by atoms with Gasteiger partial charge >= 0.3 is 0 Å². The van der Waals surface area contributed by atoms with E-state index in [2.05, 4.69) is 22.2 Å². The second-order valence-electron chi connectivity index (χ2n) is 4.52. The number of hydrogen-bond donors (Lipinski definition) is 2. The summed E-state index contributed by atoms with van der Waals surface area (Å²) < 4.78 is 0. The van der Waals surface area contributed by atoms with E-state index in [1.54, 1.807) is 6.20 Å². The Morgan fingerprint density at radius 2 is 2.44 bits per heavy atom. The molecule has 1 saturated heterocycles. The van der Waals surface area contributed by atoms with E-state index in [4.69, 9.17) is 17.3 Å². The van der Waals surface area contributed by atoms with Crippen molar-refractivity contribution in [3.63, 3.8) is 0 Å². The summed E-state index contributed by atoms with van der Waals surface area (Å²) in [7, 11) is 4.11. The number of thioether (sulfide) groups is 1. The molecule has 0 aromatic carbocycles. The van der Waals surface area contributed by atoms with E-state index in [0.717, 1.165) is 17.9 Å². The minimum Gasteiger partial charge on any atom is -0.383 e. The molecule has 18 heavy (non-hydrogen) atoms. The predicted octanol–water partition coefficient (Wildman–Crippen LogP) is 1.62. The van der Waals surface area contributed by atoms with Crippen molar-refractivity contribution < 1.29 is 0 Å². The molecule has 0 aliphatic carbocycles. The monoisotopic (exact) mass is 286 g/mol. The first kappa shape index (κ1) is 13.9. The molecule has 4 nitrogen and oxygen atoms in total. The fourth-order valence-corrected chi connectivity index (χ4v) is 3.76. The largest absolute Gasteiger partial charge is 0.383 e. The standard InChI is InChI=1S/C12H19ClN4S/c1-15-11(10-7-18-4-3-17(10)2)9-5-8(13)6-16-12(9)14/h5-6,10-11,15H,3-4,7H2,1-2H3,(H2,14,16). The molecule has 0 amide bonds. The number of hydrogen-bond acceptors (Lipinski definition) is 5. The van der Waals surface area contributed by atoms with E-state index in [-0.39, 0.29) is 6.04 Å². The van der Waals surface area contributed by atoms with Crippen LogP contribution in [-0.4, -0.2) is 48.1 Å². The van der Waals surface area contributed by atoms with Crippen molar-refractivity contribution in [2.24, 2.45) is 0 Å². The molecule has 1 aliphatic rings. The Morgan fingerprint density at radius 1 is 1.67 bits per heavy atom. The minimum absolute atomic E-state index is 0.161. The first-order chi connectivity index (χ1) is 8.63. The smallest absolute Gasteiger partial charge is 0.128 e. The van der Waals surface area contributed by atoms with Gasteiger partial charge in [-0.3, -0.25) is 4.90 Å². The third-order valence-corrected chi connectivity index (χ3v) is 4.65. The summed E-state index contributed by atoms with van der Waals surface area (Å²) in [5.41, 5.74) is 6.97. The van der Waals surface area contributed by atoms with Gasteiger partial charge in [0.05, 0.1) is 11.1 Å². The quantitative estimate of drug-likeness (QED) is 0.884. The van der Waals surface area contributed by atoms with Gasteiger partial charge in [-0.2, -0.15) is 11.8 Å². The maximum atomic E-state index is 6.03. The first-order valence-corrected chi connectivity index (χ1v) is 7.53. The van der Waals surface area contributed by atoms with Crippen molar-refractivity contribution in [2.75, 3.05) is 37.9 Å². The zero-order valence-electron chi connectivity index (χ0n) is 10.7. The van der Waals surface area contributed by atoms with Crippen molar-refractivity contribution in [2.45, 2.75) is 12.1 Å². The average Bonchev–Trinajstić information content (AvgIpc) is 2.36. The summed E-state index contributed by atoms with van der Waals surface area (Å²) in [5, 5.41) is 3.98. The number of nitrogen functional groups attached to an aromatic ring is 1. The lowest BCUT2D eigenvalue weighted by Gasteiger charge is -2.38. The number of nitrogens with zero attached hydrogens (tertiary/aromatic N) is 2. The number of nitrogens with one attached hydrogen (secondary N) is 1. The van der Waals surface area contributed by atoms with Crippen LogP contribution in [0, 0.1) is 0 Å². The van der Waals surface area contributed by atoms with E-state index in [1.165, 1.54) is 5.75 Å². The second kappa shape index (κ2) is 6.10. The molecular weight excluding hydrogens is 268 g/mol. The van der Waals surface area contributed by atoms with E-state index in [1.807, 2.05) is 24.9 Å². The van der Waals surface area contributed by atoms with Gasteiger partial charge in [-0.15, -0.1) is 0 Å². The van der Waals surface area contributed by atoms with Gasteiger partial charge in [-0.25, -0.2) is 4.98 Å². The Labute approximate surface area is 117 Å². The Hall–Kier alpha value is -0.490. The molecular formula is C12H19ClN4S. The van der Waals surface area contributed by atoms with Gasteiger partial charge in [0.25, 0.3) is 0 Å². The van der Waals surface area contributed by atoms with Crippen molar-refractivity contribution >= 4 is 29.2 Å². The molecule has 2 rings (SSSR count). The highest BCUT2D eigenvalue weighted by molar-refractivity contribution is 7.99. The van der Waals surface area contributed by atoms with Gasteiger partial charge in [-0.1, -0.05) is 11.6 Å². The lowest BCUT2D eigenvalue weighted by Crippen LogP contribution is -2.47. The van der Waals surface area contributed by atoms with Crippen LogP contribution in [0.4, 0.5) is 5.82 Å². The van der Waals surface area contributed by atoms with Crippen molar-refractivity contribution in [3.05, 3.63) is 22.8 Å². The number of pyridine rings is 1. The zero-order valence-corrected chi connectivity index (χ0v) is 12.3. The Morgan fingerprint density at radius 3 is 3.11 bits per heavy atom. The van der Waals surface area contributed by atoms with Crippen molar-refractivity contribution in [3.8, 4) is 0 Å². The molecule has 1 aliphatic heterocycles. The highest BCUT2D eigenvalue weighted by Crippen LogP contribution is 2.30. The minimum atomic E-state index is 0.161. The van der Waals surface area contributed by atoms with E-state index >= 15 is 0 Å². The Balaban J connectivity index is 2.29. The SMILES string of the molecule is CNC(c1cc(Cl)cnc1N)C1CSCCN1C. The van der Waals surface area contributed by atoms with Crippen LogP contribution in [0.5, 0.6) is 0 Å². The average molecular weight is 287 g/mol. The molecule has 6 heteroatoms. The molecule has 0 spiro atoms. The summed E-state index contributed by atoms with van der Waals surface area (Å²) in [6, 6.07) is 2.49. The van der Waals surface area contributed by atoms with E-state index in [0.29, 0.717) is 16.9 Å². The molecule has 2 atom stereocenters. The maximum absolute atomic E-state index is 6.03. The highest BCUT2D eigenvalue weighted by Gasteiger charge is 2.29. The van der Waals surface area contributed by atoms with E-state index < -0.39 is 0 Å². The van der Waals surface area contributed by atoms with Gasteiger partial charge in [0.1, 0.15) is 5.82 Å². The molecule has 3 N–H and O–H groups in total. The third-order valence-electron chi connectivity index (χ3n) is 3.39. The van der Waals surface area contributed by atoms with Crippen molar-refractivity contribution in [1.82, 2.24) is 15.2 Å². The van der Waals surface area contributed by atoms with E-state index in [9.17, 15) is 0 Å². The second-order valence-corrected chi connectivity index (χ2v) is 6.10. The number of rotatable bonds is 3. The summed E-state index contributed by atoms with van der Waals surface area (Å²) in [5.74, 6) is 2.84. The van der Waals surface area contributed by atoms with Gasteiger partial charge in [0, 0.05) is 35.9 Å². The molecule has 1 fully saturated rings.